The molecule has 2 aliphatic rings. The summed E-state index contributed by atoms with van der Waals surface area (Å²) in [4.78, 5) is 10.4. The maximum absolute atomic E-state index is 6.40. The van der Waals surface area contributed by atoms with E-state index in [1.165, 1.54) is 33.2 Å². The molecule has 7 aromatic rings. The lowest BCUT2D eigenvalue weighted by Crippen LogP contribution is -2.14. The number of fused-ring (bicyclic) bond motifs is 5. The molecule has 9 rings (SSSR count). The van der Waals surface area contributed by atoms with E-state index in [0.29, 0.717) is 5.82 Å². The van der Waals surface area contributed by atoms with Gasteiger partial charge in [-0.3, -0.25) is 0 Å². The third-order valence-corrected chi connectivity index (χ3v) is 9.29. The van der Waals surface area contributed by atoms with Crippen LogP contribution in [0.1, 0.15) is 25.0 Å². The summed E-state index contributed by atoms with van der Waals surface area (Å²) < 4.78 is 6.40. The summed E-state index contributed by atoms with van der Waals surface area (Å²) in [5.74, 6) is 2.47. The minimum absolute atomic E-state index is 0.0874. The van der Waals surface area contributed by atoms with Crippen molar-refractivity contribution in [2.45, 2.75) is 19.3 Å². The van der Waals surface area contributed by atoms with Crippen LogP contribution in [0.3, 0.4) is 0 Å². The molecule has 0 amide bonds. The molecule has 0 radical (unpaired) electrons. The topological polar surface area (TPSA) is 35.0 Å². The first-order valence-electron chi connectivity index (χ1n) is 15.1. The molecule has 0 saturated heterocycles. The average Bonchev–Trinajstić information content (AvgIpc) is 3.31. The van der Waals surface area contributed by atoms with E-state index in [9.17, 15) is 0 Å². The fourth-order valence-electron chi connectivity index (χ4n) is 7.14. The Morgan fingerprint density at radius 3 is 2.09 bits per heavy atom. The molecule has 1 aliphatic carbocycles. The van der Waals surface area contributed by atoms with Gasteiger partial charge in [-0.25, -0.2) is 9.97 Å². The van der Waals surface area contributed by atoms with Gasteiger partial charge in [0, 0.05) is 33.1 Å². The first-order valence-corrected chi connectivity index (χ1v) is 15.1. The molecule has 1 aliphatic heterocycles. The molecule has 0 bridgehead atoms. The first-order chi connectivity index (χ1) is 21.6. The van der Waals surface area contributed by atoms with E-state index in [4.69, 9.17) is 14.7 Å². The van der Waals surface area contributed by atoms with Gasteiger partial charge in [0.25, 0.3) is 0 Å². The summed E-state index contributed by atoms with van der Waals surface area (Å²) in [6.07, 6.45) is 0. The summed E-state index contributed by atoms with van der Waals surface area (Å²) in [6, 6.07) is 46.9. The van der Waals surface area contributed by atoms with Gasteiger partial charge >= 0.3 is 0 Å². The Morgan fingerprint density at radius 2 is 1.20 bits per heavy atom. The van der Waals surface area contributed by atoms with Crippen molar-refractivity contribution in [3.63, 3.8) is 0 Å². The highest BCUT2D eigenvalue weighted by Crippen LogP contribution is 2.52. The Kier molecular flexibility index (Phi) is 5.24. The highest BCUT2D eigenvalue weighted by molar-refractivity contribution is 6.04. The number of hydrogen-bond donors (Lipinski definition) is 0. The predicted octanol–water partition coefficient (Wildman–Crippen LogP) is 10.7. The number of hydrogen-bond acceptors (Lipinski definition) is 3. The van der Waals surface area contributed by atoms with Crippen LogP contribution in [0.4, 0.5) is 0 Å². The number of rotatable bonds is 3. The van der Waals surface area contributed by atoms with Crippen molar-refractivity contribution in [3.8, 4) is 67.7 Å². The van der Waals surface area contributed by atoms with Crippen LogP contribution in [0.2, 0.25) is 0 Å². The van der Waals surface area contributed by atoms with Crippen LogP contribution in [-0.4, -0.2) is 9.97 Å². The Bertz CT molecular complexity index is 2280. The van der Waals surface area contributed by atoms with E-state index in [0.717, 1.165) is 50.5 Å². The average molecular weight is 565 g/mol. The van der Waals surface area contributed by atoms with E-state index < -0.39 is 0 Å². The smallest absolute Gasteiger partial charge is 0.160 e. The van der Waals surface area contributed by atoms with Gasteiger partial charge in [-0.15, -0.1) is 0 Å². The summed E-state index contributed by atoms with van der Waals surface area (Å²) in [6.45, 7) is 4.63. The maximum Gasteiger partial charge on any atom is 0.160 e. The molecule has 208 valence electrons. The Balaban J connectivity index is 1.27. The number of aromatic nitrogens is 2. The van der Waals surface area contributed by atoms with Gasteiger partial charge in [0.1, 0.15) is 11.5 Å². The molecule has 0 fully saturated rings. The van der Waals surface area contributed by atoms with Crippen molar-refractivity contribution in [1.29, 1.82) is 0 Å². The van der Waals surface area contributed by atoms with E-state index in [1.54, 1.807) is 0 Å². The standard InChI is InChI=1S/C41H28N2O/c1-41(2)32-18-7-6-15-29(32)39-30(17-10-19-33(39)41)35-24-34(42-40(43-35)26-11-4-3-5-12-26)27-21-22-36-31(23-27)28-16-8-13-25-14-9-20-37(44-36)38(25)28/h3-24H,1-2H3. The maximum atomic E-state index is 6.40. The van der Waals surface area contributed by atoms with Crippen molar-refractivity contribution in [1.82, 2.24) is 9.97 Å². The molecule has 0 spiro atoms. The van der Waals surface area contributed by atoms with Gasteiger partial charge in [-0.2, -0.15) is 0 Å². The third-order valence-electron chi connectivity index (χ3n) is 9.29. The lowest BCUT2D eigenvalue weighted by Gasteiger charge is -2.22. The van der Waals surface area contributed by atoms with E-state index in [1.807, 2.05) is 30.3 Å². The molecule has 0 N–H and O–H groups in total. The lowest BCUT2D eigenvalue weighted by molar-refractivity contribution is 0.487. The minimum atomic E-state index is -0.0874. The minimum Gasteiger partial charge on any atom is -0.456 e. The predicted molar refractivity (Wildman–Crippen MR) is 179 cm³/mol. The van der Waals surface area contributed by atoms with Crippen molar-refractivity contribution in [3.05, 3.63) is 145 Å². The second-order valence-corrected chi connectivity index (χ2v) is 12.2. The van der Waals surface area contributed by atoms with Gasteiger partial charge in [0.05, 0.1) is 11.4 Å². The van der Waals surface area contributed by atoms with Crippen LogP contribution < -0.4 is 4.74 Å². The number of nitrogens with zero attached hydrogens (tertiary/aromatic N) is 2. The fraction of sp³-hybridized carbons (Fsp3) is 0.0732. The van der Waals surface area contributed by atoms with Crippen molar-refractivity contribution in [2.75, 3.05) is 0 Å². The number of benzene rings is 6. The molecule has 3 heteroatoms. The summed E-state index contributed by atoms with van der Waals surface area (Å²) in [5, 5.41) is 2.32. The highest BCUT2D eigenvalue weighted by Gasteiger charge is 2.36. The summed E-state index contributed by atoms with van der Waals surface area (Å²) in [7, 11) is 0. The largest absolute Gasteiger partial charge is 0.456 e. The molecule has 0 atom stereocenters. The van der Waals surface area contributed by atoms with Crippen LogP contribution in [0.25, 0.3) is 66.9 Å². The Hall–Kier alpha value is -5.54. The van der Waals surface area contributed by atoms with Crippen LogP contribution in [-0.2, 0) is 5.41 Å². The molecule has 2 heterocycles. The van der Waals surface area contributed by atoms with E-state index >= 15 is 0 Å². The normalized spacial score (nSPS) is 13.6. The molecular formula is C41H28N2O. The van der Waals surface area contributed by atoms with Gasteiger partial charge < -0.3 is 4.74 Å². The second-order valence-electron chi connectivity index (χ2n) is 12.2. The zero-order chi connectivity index (χ0) is 29.4. The van der Waals surface area contributed by atoms with E-state index in [2.05, 4.69) is 117 Å². The molecule has 1 aromatic heterocycles. The Morgan fingerprint density at radius 1 is 0.500 bits per heavy atom. The SMILES string of the molecule is CC1(C)c2ccccc2-c2c(-c3cc(-c4ccc5c(c4)-c4cccc6cccc(c46)O5)nc(-c4ccccc4)n3)cccc21. The van der Waals surface area contributed by atoms with Gasteiger partial charge in [-0.05, 0) is 63.5 Å². The summed E-state index contributed by atoms with van der Waals surface area (Å²) >= 11 is 0. The molecule has 44 heavy (non-hydrogen) atoms. The van der Waals surface area contributed by atoms with Crippen LogP contribution in [0.5, 0.6) is 11.5 Å². The van der Waals surface area contributed by atoms with E-state index in [-0.39, 0.29) is 5.41 Å². The van der Waals surface area contributed by atoms with Gasteiger partial charge in [-0.1, -0.05) is 117 Å². The molecule has 0 unspecified atom stereocenters. The van der Waals surface area contributed by atoms with Crippen molar-refractivity contribution >= 4 is 10.8 Å². The summed E-state index contributed by atoms with van der Waals surface area (Å²) in [5.41, 5.74) is 12.3. The first kappa shape index (κ1) is 25.0. The lowest BCUT2D eigenvalue weighted by atomic mass is 9.82. The number of ether oxygens (including phenoxy) is 1. The zero-order valence-corrected chi connectivity index (χ0v) is 24.5. The quantitative estimate of drug-likeness (QED) is 0.214. The monoisotopic (exact) mass is 564 g/mol. The molecule has 3 nitrogen and oxygen atoms in total. The zero-order valence-electron chi connectivity index (χ0n) is 24.5. The van der Waals surface area contributed by atoms with Crippen molar-refractivity contribution < 1.29 is 4.74 Å². The van der Waals surface area contributed by atoms with Crippen LogP contribution in [0, 0.1) is 0 Å². The van der Waals surface area contributed by atoms with Crippen LogP contribution in [0.15, 0.2) is 133 Å². The van der Waals surface area contributed by atoms with Crippen LogP contribution >= 0.6 is 0 Å². The van der Waals surface area contributed by atoms with Gasteiger partial charge in [0.15, 0.2) is 5.82 Å². The van der Waals surface area contributed by atoms with Crippen molar-refractivity contribution in [2.24, 2.45) is 0 Å². The van der Waals surface area contributed by atoms with Gasteiger partial charge in [0.2, 0.25) is 0 Å². The molecule has 6 aromatic carbocycles. The highest BCUT2D eigenvalue weighted by atomic mass is 16.5. The molecule has 0 saturated carbocycles. The second kappa shape index (κ2) is 9.23. The fourth-order valence-corrected chi connectivity index (χ4v) is 7.14. The third kappa shape index (κ3) is 3.62. The Labute approximate surface area is 256 Å². The molecular weight excluding hydrogens is 536 g/mol.